The summed E-state index contributed by atoms with van der Waals surface area (Å²) in [6, 6.07) is 5.86. The fourth-order valence-corrected chi connectivity index (χ4v) is 6.74. The summed E-state index contributed by atoms with van der Waals surface area (Å²) in [7, 11) is 2.89. The van der Waals surface area contributed by atoms with Crippen LogP contribution < -0.4 is 5.73 Å². The summed E-state index contributed by atoms with van der Waals surface area (Å²) in [5.41, 5.74) is 0.389. The first-order chi connectivity index (χ1) is 20.4. The number of benzene rings is 2. The zero-order valence-corrected chi connectivity index (χ0v) is 23.6. The Hall–Kier alpha value is -4.46. The lowest BCUT2D eigenvalue weighted by Gasteiger charge is -2.53. The molecule has 0 unspecified atom stereocenters. The maximum absolute atomic E-state index is 13.9. The van der Waals surface area contributed by atoms with E-state index in [1.807, 2.05) is 0 Å². The topological polar surface area (TPSA) is 182 Å². The molecule has 0 spiro atoms. The molecule has 0 saturated heterocycles. The number of aliphatic hydroxyl groups is 4. The van der Waals surface area contributed by atoms with Gasteiger partial charge in [-0.2, -0.15) is 13.2 Å². The number of Topliss-reactive ketones (excluding diaryl/α,β-unsaturated/α-hetero) is 2. The summed E-state index contributed by atoms with van der Waals surface area (Å²) >= 11 is 0. The third kappa shape index (κ3) is 4.33. The van der Waals surface area contributed by atoms with Crippen LogP contribution in [0.25, 0.3) is 12.2 Å². The molecule has 3 aliphatic rings. The van der Waals surface area contributed by atoms with Crippen molar-refractivity contribution in [2.24, 2.45) is 17.6 Å². The number of carbonyl (C=O) groups excluding carboxylic acids is 3. The van der Waals surface area contributed by atoms with Crippen LogP contribution in [0.4, 0.5) is 13.2 Å². The molecule has 13 heteroatoms. The lowest BCUT2D eigenvalue weighted by Crippen LogP contribution is -2.68. The van der Waals surface area contributed by atoms with Crippen LogP contribution in [0.1, 0.15) is 45.5 Å². The molecule has 0 bridgehead atoms. The van der Waals surface area contributed by atoms with Gasteiger partial charge in [-0.3, -0.25) is 19.3 Å². The molecule has 2 aromatic rings. The number of alkyl halides is 3. The van der Waals surface area contributed by atoms with E-state index in [0.717, 1.165) is 12.1 Å². The Morgan fingerprint density at radius 2 is 1.64 bits per heavy atom. The average molecular weight is 615 g/mol. The van der Waals surface area contributed by atoms with Gasteiger partial charge in [0.05, 0.1) is 29.2 Å². The van der Waals surface area contributed by atoms with Gasteiger partial charge in [0.2, 0.25) is 5.78 Å². The highest BCUT2D eigenvalue weighted by Gasteiger charge is 2.67. The molecule has 3 aliphatic carbocycles. The van der Waals surface area contributed by atoms with Gasteiger partial charge in [0, 0.05) is 17.1 Å². The van der Waals surface area contributed by atoms with Crippen LogP contribution in [0.15, 0.2) is 59.1 Å². The van der Waals surface area contributed by atoms with Crippen LogP contribution in [0.2, 0.25) is 0 Å². The summed E-state index contributed by atoms with van der Waals surface area (Å²) < 4.78 is 38.7. The number of nitrogens with two attached hydrogens (primary N) is 1. The molecule has 0 heterocycles. The van der Waals surface area contributed by atoms with Crippen molar-refractivity contribution >= 4 is 29.6 Å². The quantitative estimate of drug-likeness (QED) is 0.223. The molecule has 0 aliphatic heterocycles. The minimum atomic E-state index is -4.51. The molecule has 0 fully saturated rings. The van der Waals surface area contributed by atoms with E-state index in [9.17, 15) is 53.1 Å². The molecule has 232 valence electrons. The highest BCUT2D eigenvalue weighted by atomic mass is 19.4. The Kier molecular flexibility index (Phi) is 7.27. The normalized spacial score (nSPS) is 28.8. The fraction of sp³-hybridized carbons (Fsp3) is 0.323. The molecule has 0 radical (unpaired) electrons. The first-order valence-electron chi connectivity index (χ1n) is 13.5. The number of aromatic hydroxyl groups is 1. The highest BCUT2D eigenvalue weighted by Crippen LogP contribution is 2.55. The van der Waals surface area contributed by atoms with Crippen molar-refractivity contribution in [2.75, 3.05) is 14.1 Å². The van der Waals surface area contributed by atoms with Crippen LogP contribution >= 0.6 is 0 Å². The molecular formula is C31H29F3N2O8. The summed E-state index contributed by atoms with van der Waals surface area (Å²) in [5.74, 6) is -9.95. The molecule has 1 amide bonds. The van der Waals surface area contributed by atoms with Crippen molar-refractivity contribution in [1.29, 1.82) is 0 Å². The number of carbonyl (C=O) groups is 3. The first-order valence-corrected chi connectivity index (χ1v) is 13.5. The number of nitrogens with zero attached hydrogens (tertiary/aromatic N) is 1. The van der Waals surface area contributed by atoms with E-state index in [1.54, 1.807) is 6.92 Å². The third-order valence-electron chi connectivity index (χ3n) is 8.86. The van der Waals surface area contributed by atoms with Crippen LogP contribution in [-0.4, -0.2) is 79.7 Å². The van der Waals surface area contributed by atoms with E-state index in [1.165, 1.54) is 55.4 Å². The Labute approximate surface area is 248 Å². The molecular weight excluding hydrogens is 585 g/mol. The monoisotopic (exact) mass is 614 g/mol. The van der Waals surface area contributed by atoms with E-state index in [4.69, 9.17) is 5.73 Å². The van der Waals surface area contributed by atoms with Crippen molar-refractivity contribution in [3.63, 3.8) is 0 Å². The number of phenols is 1. The van der Waals surface area contributed by atoms with Gasteiger partial charge < -0.3 is 31.3 Å². The van der Waals surface area contributed by atoms with Crippen LogP contribution in [-0.2, 0) is 15.8 Å². The molecule has 0 aromatic heterocycles. The van der Waals surface area contributed by atoms with Crippen LogP contribution in [0.3, 0.4) is 0 Å². The van der Waals surface area contributed by atoms with Gasteiger partial charge in [0.25, 0.3) is 5.91 Å². The minimum Gasteiger partial charge on any atom is -0.510 e. The number of amides is 1. The van der Waals surface area contributed by atoms with Gasteiger partial charge in [-0.1, -0.05) is 43.3 Å². The standard InChI is InChI=1S/C31H29F3N2O8/c1-12-16-11-8-14(7-4-13-5-9-15(10-6-13)31(32,33)34)23(37)18(16)24(38)19-17(12)25(39)21-22(36(2)3)26(40)20(29(35)43)28(42)30(21,44)27(19)41/h4-12,17,21-22,25,37,39-41,44H,1-3H3,(H2,35,43)/b7-4+/t12-,17+,21+,22-,25-,30-/m0/s1. The van der Waals surface area contributed by atoms with Crippen molar-refractivity contribution in [2.45, 2.75) is 36.8 Å². The van der Waals surface area contributed by atoms with Crippen molar-refractivity contribution < 1.29 is 53.1 Å². The number of primary amides is 1. The predicted molar refractivity (Wildman–Crippen MR) is 150 cm³/mol. The average Bonchev–Trinajstić information content (AvgIpc) is 2.93. The van der Waals surface area contributed by atoms with Crippen LogP contribution in [0, 0.1) is 11.8 Å². The lowest BCUT2D eigenvalue weighted by molar-refractivity contribution is -0.162. The number of aliphatic hydroxyl groups excluding tert-OH is 3. The van der Waals surface area contributed by atoms with Gasteiger partial charge >= 0.3 is 6.18 Å². The summed E-state index contributed by atoms with van der Waals surface area (Å²) in [6.07, 6.45) is -3.44. The second-order valence-corrected chi connectivity index (χ2v) is 11.5. The third-order valence-corrected chi connectivity index (χ3v) is 8.86. The van der Waals surface area contributed by atoms with Crippen molar-refractivity contribution in [3.8, 4) is 5.75 Å². The van der Waals surface area contributed by atoms with Gasteiger partial charge in [0.1, 0.15) is 22.8 Å². The summed E-state index contributed by atoms with van der Waals surface area (Å²) in [4.78, 5) is 40.9. The molecule has 6 atom stereocenters. The number of hydrogen-bond acceptors (Lipinski definition) is 9. The van der Waals surface area contributed by atoms with E-state index in [2.05, 4.69) is 0 Å². The van der Waals surface area contributed by atoms with Gasteiger partial charge in [-0.05, 0) is 43.3 Å². The number of ketones is 2. The fourth-order valence-electron chi connectivity index (χ4n) is 6.74. The second-order valence-electron chi connectivity index (χ2n) is 11.5. The molecule has 10 nitrogen and oxygen atoms in total. The first kappa shape index (κ1) is 31.0. The second kappa shape index (κ2) is 10.3. The van der Waals surface area contributed by atoms with Crippen LogP contribution in [0.5, 0.6) is 5.75 Å². The Morgan fingerprint density at radius 3 is 2.18 bits per heavy atom. The van der Waals surface area contributed by atoms with Crippen molar-refractivity contribution in [1.82, 2.24) is 4.90 Å². The SMILES string of the molecule is C[C@H]1c2ccc(/C=C/c3ccc(C(F)(F)F)cc3)c(O)c2C(=O)C2=C(O)[C@]3(O)C(=O)C(C(N)=O)=C(O)[C@@H](N(C)C)[C@@H]3[C@@H](O)[C@@H]21. The zero-order chi connectivity index (χ0) is 32.6. The maximum atomic E-state index is 13.9. The number of hydrogen-bond donors (Lipinski definition) is 6. The van der Waals surface area contributed by atoms with E-state index in [0.29, 0.717) is 5.56 Å². The minimum absolute atomic E-state index is 0.0981. The molecule has 5 rings (SSSR count). The van der Waals surface area contributed by atoms with Gasteiger partial charge in [0.15, 0.2) is 11.4 Å². The zero-order valence-electron chi connectivity index (χ0n) is 23.6. The Balaban J connectivity index is 1.63. The maximum Gasteiger partial charge on any atom is 0.416 e. The van der Waals surface area contributed by atoms with Gasteiger partial charge in [-0.15, -0.1) is 0 Å². The van der Waals surface area contributed by atoms with E-state index >= 15 is 0 Å². The summed E-state index contributed by atoms with van der Waals surface area (Å²) in [6.45, 7) is 1.60. The molecule has 7 N–H and O–H groups in total. The largest absolute Gasteiger partial charge is 0.510 e. The smallest absolute Gasteiger partial charge is 0.416 e. The summed E-state index contributed by atoms with van der Waals surface area (Å²) in [5, 5.41) is 56.9. The molecule has 2 aromatic carbocycles. The number of halogens is 3. The number of rotatable bonds is 4. The molecule has 0 saturated carbocycles. The Bertz CT molecular complexity index is 1690. The van der Waals surface area contributed by atoms with Gasteiger partial charge in [-0.25, -0.2) is 0 Å². The number of likely N-dealkylation sites (N-methyl/N-ethyl adjacent to an activating group) is 1. The molecule has 44 heavy (non-hydrogen) atoms. The van der Waals surface area contributed by atoms with E-state index < -0.39 is 93.1 Å². The number of fused-ring (bicyclic) bond motifs is 3. The number of phenolic OH excluding ortho intramolecular Hbond substituents is 1. The van der Waals surface area contributed by atoms with Crippen molar-refractivity contribution in [3.05, 3.63) is 86.9 Å². The Morgan fingerprint density at radius 1 is 1.02 bits per heavy atom. The highest BCUT2D eigenvalue weighted by molar-refractivity contribution is 6.25. The van der Waals surface area contributed by atoms with E-state index in [-0.39, 0.29) is 16.7 Å². The lowest BCUT2D eigenvalue weighted by atomic mass is 9.55. The predicted octanol–water partition coefficient (Wildman–Crippen LogP) is 2.84.